The molecule has 1 saturated carbocycles. The van der Waals surface area contributed by atoms with Gasteiger partial charge in [0.25, 0.3) is 0 Å². The first-order valence-corrected chi connectivity index (χ1v) is 5.73. The van der Waals surface area contributed by atoms with Gasteiger partial charge >= 0.3 is 0 Å². The van der Waals surface area contributed by atoms with Crippen LogP contribution in [-0.2, 0) is 0 Å². The lowest BCUT2D eigenvalue weighted by Gasteiger charge is -2.05. The SMILES string of the molecule is CCCCCC.[CH]1CCCCC1. The molecule has 0 unspecified atom stereocenters. The third-order valence-electron chi connectivity index (χ3n) is 2.27. The monoisotopic (exact) mass is 169 g/mol. The summed E-state index contributed by atoms with van der Waals surface area (Å²) in [5, 5.41) is 0. The minimum atomic E-state index is 1.36. The molecule has 12 heavy (non-hydrogen) atoms. The Morgan fingerprint density at radius 3 is 1.50 bits per heavy atom. The molecule has 1 fully saturated rings. The predicted octanol–water partition coefficient (Wildman–Crippen LogP) is 4.74. The molecule has 0 heterocycles. The van der Waals surface area contributed by atoms with E-state index in [0.29, 0.717) is 0 Å². The molecular formula is C12H25. The van der Waals surface area contributed by atoms with Crippen LogP contribution in [0, 0.1) is 6.42 Å². The van der Waals surface area contributed by atoms with Crippen molar-refractivity contribution in [1.29, 1.82) is 0 Å². The van der Waals surface area contributed by atoms with E-state index < -0.39 is 0 Å². The number of unbranched alkanes of at least 4 members (excludes halogenated alkanes) is 3. The van der Waals surface area contributed by atoms with Crippen LogP contribution in [-0.4, -0.2) is 0 Å². The van der Waals surface area contributed by atoms with Crippen LogP contribution in [0.4, 0.5) is 0 Å². The van der Waals surface area contributed by atoms with Gasteiger partial charge in [-0.05, 0) is 6.42 Å². The fraction of sp³-hybridized carbons (Fsp3) is 0.917. The first-order valence-electron chi connectivity index (χ1n) is 5.73. The Hall–Kier alpha value is 0. The van der Waals surface area contributed by atoms with Crippen LogP contribution in [0.2, 0.25) is 0 Å². The minimum Gasteiger partial charge on any atom is -0.0654 e. The van der Waals surface area contributed by atoms with Crippen molar-refractivity contribution in [2.24, 2.45) is 0 Å². The molecule has 0 atom stereocenters. The zero-order chi connectivity index (χ0) is 9.07. The zero-order valence-corrected chi connectivity index (χ0v) is 8.94. The maximum atomic E-state index is 2.39. The van der Waals surface area contributed by atoms with Crippen molar-refractivity contribution in [2.45, 2.75) is 71.6 Å². The van der Waals surface area contributed by atoms with Crippen molar-refractivity contribution in [1.82, 2.24) is 0 Å². The molecule has 0 aliphatic heterocycles. The van der Waals surface area contributed by atoms with E-state index in [1.165, 1.54) is 57.8 Å². The van der Waals surface area contributed by atoms with Gasteiger partial charge in [-0.25, -0.2) is 0 Å². The molecule has 0 heteroatoms. The van der Waals surface area contributed by atoms with Gasteiger partial charge in [-0.15, -0.1) is 0 Å². The van der Waals surface area contributed by atoms with Crippen LogP contribution in [0.25, 0.3) is 0 Å². The Labute approximate surface area is 78.8 Å². The summed E-state index contributed by atoms with van der Waals surface area (Å²) >= 11 is 0. The van der Waals surface area contributed by atoms with E-state index >= 15 is 0 Å². The topological polar surface area (TPSA) is 0 Å². The Bertz CT molecular complexity index is 46.9. The fourth-order valence-electron chi connectivity index (χ4n) is 1.40. The van der Waals surface area contributed by atoms with Crippen LogP contribution in [0.3, 0.4) is 0 Å². The fourth-order valence-corrected chi connectivity index (χ4v) is 1.40. The van der Waals surface area contributed by atoms with Gasteiger partial charge in [0.2, 0.25) is 0 Å². The first kappa shape index (κ1) is 12.0. The molecule has 0 bridgehead atoms. The van der Waals surface area contributed by atoms with Gasteiger partial charge in [0.1, 0.15) is 0 Å². The lowest BCUT2D eigenvalue weighted by Crippen LogP contribution is -1.87. The number of hydrogen-bond acceptors (Lipinski definition) is 0. The van der Waals surface area contributed by atoms with E-state index in [1.807, 2.05) is 0 Å². The summed E-state index contributed by atoms with van der Waals surface area (Å²) in [5.41, 5.74) is 0. The van der Waals surface area contributed by atoms with Crippen LogP contribution in [0.1, 0.15) is 71.6 Å². The highest BCUT2D eigenvalue weighted by molar-refractivity contribution is 4.69. The molecule has 0 spiro atoms. The van der Waals surface area contributed by atoms with Crippen molar-refractivity contribution in [2.75, 3.05) is 0 Å². The van der Waals surface area contributed by atoms with Gasteiger partial charge in [-0.2, -0.15) is 0 Å². The molecule has 73 valence electrons. The van der Waals surface area contributed by atoms with Crippen molar-refractivity contribution < 1.29 is 0 Å². The van der Waals surface area contributed by atoms with Crippen molar-refractivity contribution in [3.05, 3.63) is 6.42 Å². The smallest absolute Gasteiger partial charge is 0.0386 e. The quantitative estimate of drug-likeness (QED) is 0.535. The molecule has 1 aliphatic carbocycles. The average Bonchev–Trinajstić information content (AvgIpc) is 2.18. The molecule has 1 radical (unpaired) electrons. The Balaban J connectivity index is 0.000000202. The Morgan fingerprint density at radius 2 is 1.33 bits per heavy atom. The molecule has 0 amide bonds. The second kappa shape index (κ2) is 11.0. The maximum Gasteiger partial charge on any atom is -0.0386 e. The molecule has 0 aromatic carbocycles. The Morgan fingerprint density at radius 1 is 0.833 bits per heavy atom. The standard InChI is InChI=1S/C6H11.C6H14/c1-2-4-6-5-3-1;1-3-5-6-4-2/h1H,2-6H2;3-6H2,1-2H3. The summed E-state index contributed by atoms with van der Waals surface area (Å²) in [5.74, 6) is 0. The second-order valence-corrected chi connectivity index (χ2v) is 3.63. The highest BCUT2D eigenvalue weighted by Crippen LogP contribution is 2.14. The van der Waals surface area contributed by atoms with Crippen LogP contribution >= 0.6 is 0 Å². The van der Waals surface area contributed by atoms with Crippen LogP contribution in [0.15, 0.2) is 0 Å². The third kappa shape index (κ3) is 10.0. The lowest BCUT2D eigenvalue weighted by atomic mass is 10.0. The Kier molecular flexibility index (Phi) is 11.0. The van der Waals surface area contributed by atoms with E-state index in [1.54, 1.807) is 0 Å². The summed E-state index contributed by atoms with van der Waals surface area (Å²) < 4.78 is 0. The maximum absolute atomic E-state index is 2.39. The molecule has 0 saturated heterocycles. The van der Waals surface area contributed by atoms with Gasteiger partial charge in [0, 0.05) is 0 Å². The third-order valence-corrected chi connectivity index (χ3v) is 2.27. The lowest BCUT2D eigenvalue weighted by molar-refractivity contribution is 0.593. The van der Waals surface area contributed by atoms with E-state index in [0.717, 1.165) is 0 Å². The van der Waals surface area contributed by atoms with E-state index in [-0.39, 0.29) is 0 Å². The van der Waals surface area contributed by atoms with E-state index in [2.05, 4.69) is 20.3 Å². The summed E-state index contributed by atoms with van der Waals surface area (Å²) in [7, 11) is 0. The van der Waals surface area contributed by atoms with Crippen molar-refractivity contribution in [3.8, 4) is 0 Å². The molecule has 0 aromatic heterocycles. The molecule has 0 aromatic rings. The predicted molar refractivity (Wildman–Crippen MR) is 57.2 cm³/mol. The van der Waals surface area contributed by atoms with Gasteiger partial charge in [0.15, 0.2) is 0 Å². The number of hydrogen-bond donors (Lipinski definition) is 0. The molecule has 0 N–H and O–H groups in total. The highest BCUT2D eigenvalue weighted by atomic mass is 14.0. The van der Waals surface area contributed by atoms with Crippen LogP contribution < -0.4 is 0 Å². The average molecular weight is 169 g/mol. The molecule has 0 nitrogen and oxygen atoms in total. The van der Waals surface area contributed by atoms with E-state index in [4.69, 9.17) is 0 Å². The van der Waals surface area contributed by atoms with E-state index in [9.17, 15) is 0 Å². The minimum absolute atomic E-state index is 1.36. The molecule has 1 aliphatic rings. The van der Waals surface area contributed by atoms with Crippen LogP contribution in [0.5, 0.6) is 0 Å². The normalized spacial score (nSPS) is 16.5. The highest BCUT2D eigenvalue weighted by Gasteiger charge is 1.95. The summed E-state index contributed by atoms with van der Waals surface area (Å²) in [6.07, 6.45) is 15.0. The van der Waals surface area contributed by atoms with Gasteiger partial charge in [0.05, 0.1) is 0 Å². The van der Waals surface area contributed by atoms with Gasteiger partial charge in [-0.3, -0.25) is 0 Å². The van der Waals surface area contributed by atoms with Crippen molar-refractivity contribution >= 4 is 0 Å². The summed E-state index contributed by atoms with van der Waals surface area (Å²) in [6, 6.07) is 0. The zero-order valence-electron chi connectivity index (χ0n) is 8.94. The first-order chi connectivity index (χ1) is 5.91. The number of rotatable bonds is 3. The molecule has 1 rings (SSSR count). The van der Waals surface area contributed by atoms with Gasteiger partial charge < -0.3 is 0 Å². The second-order valence-electron chi connectivity index (χ2n) is 3.63. The summed E-state index contributed by atoms with van der Waals surface area (Å²) in [4.78, 5) is 0. The van der Waals surface area contributed by atoms with Crippen molar-refractivity contribution in [3.63, 3.8) is 0 Å². The summed E-state index contributed by atoms with van der Waals surface area (Å²) in [6.45, 7) is 4.46. The largest absolute Gasteiger partial charge is 0.0654 e. The molecular weight excluding hydrogens is 144 g/mol. The van der Waals surface area contributed by atoms with Gasteiger partial charge in [-0.1, -0.05) is 71.6 Å².